The average Bonchev–Trinajstić information content (AvgIpc) is 3.33. The molecule has 0 spiro atoms. The number of carbonyl (C=O) groups excluding carboxylic acids is 1. The molecule has 0 aromatic carbocycles. The molecule has 0 atom stereocenters. The van der Waals surface area contributed by atoms with Gasteiger partial charge in [0.2, 0.25) is 11.9 Å². The van der Waals surface area contributed by atoms with Crippen molar-refractivity contribution in [1.29, 1.82) is 0 Å². The number of nitrogens with zero attached hydrogens (tertiary/aromatic N) is 5. The number of carbonyl (C=O) groups is 1. The van der Waals surface area contributed by atoms with Crippen molar-refractivity contribution >= 4 is 17.5 Å². The fourth-order valence-corrected chi connectivity index (χ4v) is 3.43. The first-order valence-corrected chi connectivity index (χ1v) is 9.47. The van der Waals surface area contributed by atoms with Gasteiger partial charge in [0.05, 0.1) is 29.1 Å². The molecule has 3 heterocycles. The van der Waals surface area contributed by atoms with Crippen molar-refractivity contribution in [2.24, 2.45) is 0 Å². The van der Waals surface area contributed by atoms with Gasteiger partial charge in [0.1, 0.15) is 6.54 Å². The third-order valence-corrected chi connectivity index (χ3v) is 5.12. The Morgan fingerprint density at radius 1 is 1.19 bits per heavy atom. The van der Waals surface area contributed by atoms with Crippen LogP contribution in [0.1, 0.15) is 48.7 Å². The van der Waals surface area contributed by atoms with E-state index >= 15 is 0 Å². The van der Waals surface area contributed by atoms with E-state index in [1.165, 1.54) is 17.0 Å². The van der Waals surface area contributed by atoms with Gasteiger partial charge in [-0.1, -0.05) is 0 Å². The standard InChI is InChI=1S/C19H24N6O2/c1-12-18(13(2)22-19(21-12)24-7-3-4-8-24)23-16(26)10-25-11-20-15(9-17(25)27)14-5-6-14/h9,11,14H,3-8,10H2,1-2H3,(H,23,26). The second-order valence-electron chi connectivity index (χ2n) is 7.37. The Labute approximate surface area is 157 Å². The van der Waals surface area contributed by atoms with Crippen molar-refractivity contribution in [3.63, 3.8) is 0 Å². The smallest absolute Gasteiger partial charge is 0.254 e. The summed E-state index contributed by atoms with van der Waals surface area (Å²) in [6.45, 7) is 5.59. The van der Waals surface area contributed by atoms with Gasteiger partial charge in [-0.05, 0) is 39.5 Å². The first kappa shape index (κ1) is 17.6. The lowest BCUT2D eigenvalue weighted by atomic mass is 10.2. The molecular weight excluding hydrogens is 344 g/mol. The molecule has 2 aromatic heterocycles. The quantitative estimate of drug-likeness (QED) is 0.864. The topological polar surface area (TPSA) is 93.0 Å². The molecule has 2 aromatic rings. The maximum Gasteiger partial charge on any atom is 0.254 e. The molecule has 1 saturated carbocycles. The van der Waals surface area contributed by atoms with Gasteiger partial charge in [-0.15, -0.1) is 0 Å². The highest BCUT2D eigenvalue weighted by Crippen LogP contribution is 2.38. The number of aromatic nitrogens is 4. The van der Waals surface area contributed by atoms with E-state index in [2.05, 4.69) is 25.2 Å². The van der Waals surface area contributed by atoms with Crippen molar-refractivity contribution in [1.82, 2.24) is 19.5 Å². The summed E-state index contributed by atoms with van der Waals surface area (Å²) >= 11 is 0. The number of rotatable bonds is 5. The Hall–Kier alpha value is -2.77. The molecule has 1 N–H and O–H groups in total. The number of nitrogens with one attached hydrogen (secondary N) is 1. The van der Waals surface area contributed by atoms with Crippen LogP contribution >= 0.6 is 0 Å². The van der Waals surface area contributed by atoms with Gasteiger partial charge in [-0.25, -0.2) is 15.0 Å². The van der Waals surface area contributed by atoms with E-state index in [0.717, 1.165) is 61.8 Å². The van der Waals surface area contributed by atoms with Crippen molar-refractivity contribution in [2.45, 2.75) is 52.0 Å². The van der Waals surface area contributed by atoms with Gasteiger partial charge in [0, 0.05) is 25.1 Å². The SMILES string of the molecule is Cc1nc(N2CCCC2)nc(C)c1NC(=O)Cn1cnc(C2CC2)cc1=O. The van der Waals surface area contributed by atoms with Crippen LogP contribution in [0.2, 0.25) is 0 Å². The van der Waals surface area contributed by atoms with Gasteiger partial charge in [0.15, 0.2) is 0 Å². The molecule has 8 heteroatoms. The molecule has 27 heavy (non-hydrogen) atoms. The minimum absolute atomic E-state index is 0.0798. The van der Waals surface area contributed by atoms with E-state index in [0.29, 0.717) is 11.6 Å². The summed E-state index contributed by atoms with van der Waals surface area (Å²) in [5.74, 6) is 0.844. The molecule has 2 aliphatic rings. The summed E-state index contributed by atoms with van der Waals surface area (Å²) in [4.78, 5) is 40.2. The molecule has 4 rings (SSSR count). The molecule has 1 amide bonds. The molecule has 0 bridgehead atoms. The third kappa shape index (κ3) is 3.84. The zero-order valence-electron chi connectivity index (χ0n) is 15.7. The number of hydrogen-bond donors (Lipinski definition) is 1. The molecule has 0 unspecified atom stereocenters. The number of anilines is 2. The second-order valence-corrected chi connectivity index (χ2v) is 7.37. The highest BCUT2D eigenvalue weighted by Gasteiger charge is 2.25. The van der Waals surface area contributed by atoms with Crippen LogP contribution in [0.5, 0.6) is 0 Å². The van der Waals surface area contributed by atoms with Crippen LogP contribution in [0.3, 0.4) is 0 Å². The first-order chi connectivity index (χ1) is 13.0. The minimum atomic E-state index is -0.290. The largest absolute Gasteiger partial charge is 0.341 e. The van der Waals surface area contributed by atoms with Gasteiger partial charge < -0.3 is 10.2 Å². The van der Waals surface area contributed by atoms with Crippen molar-refractivity contribution in [2.75, 3.05) is 23.3 Å². The highest BCUT2D eigenvalue weighted by molar-refractivity contribution is 5.91. The summed E-state index contributed by atoms with van der Waals surface area (Å²) in [7, 11) is 0. The zero-order chi connectivity index (χ0) is 19.0. The molecule has 1 aliphatic carbocycles. The van der Waals surface area contributed by atoms with Crippen LogP contribution in [0.25, 0.3) is 0 Å². The molecular formula is C19H24N6O2. The Kier molecular flexibility index (Phi) is 4.63. The molecule has 0 radical (unpaired) electrons. The fourth-order valence-electron chi connectivity index (χ4n) is 3.43. The maximum atomic E-state index is 12.4. The number of aryl methyl sites for hydroxylation is 2. The average molecular weight is 368 g/mol. The summed E-state index contributed by atoms with van der Waals surface area (Å²) in [5.41, 5.74) is 2.70. The van der Waals surface area contributed by atoms with E-state index in [4.69, 9.17) is 0 Å². The predicted octanol–water partition coefficient (Wildman–Crippen LogP) is 1.77. The lowest BCUT2D eigenvalue weighted by Gasteiger charge is -2.18. The predicted molar refractivity (Wildman–Crippen MR) is 102 cm³/mol. The Bertz CT molecular complexity index is 905. The van der Waals surface area contributed by atoms with Crippen LogP contribution in [0.15, 0.2) is 17.2 Å². The molecule has 1 aliphatic heterocycles. The normalized spacial score (nSPS) is 16.6. The van der Waals surface area contributed by atoms with E-state index in [1.54, 1.807) is 0 Å². The fraction of sp³-hybridized carbons (Fsp3) is 0.526. The lowest BCUT2D eigenvalue weighted by molar-refractivity contribution is -0.116. The van der Waals surface area contributed by atoms with Crippen LogP contribution in [0, 0.1) is 13.8 Å². The third-order valence-electron chi connectivity index (χ3n) is 5.12. The van der Waals surface area contributed by atoms with Gasteiger partial charge >= 0.3 is 0 Å². The number of amides is 1. The maximum absolute atomic E-state index is 12.4. The lowest BCUT2D eigenvalue weighted by Crippen LogP contribution is -2.28. The van der Waals surface area contributed by atoms with Gasteiger partial charge in [-0.3, -0.25) is 14.2 Å². The minimum Gasteiger partial charge on any atom is -0.341 e. The van der Waals surface area contributed by atoms with Gasteiger partial charge in [-0.2, -0.15) is 0 Å². The number of hydrogen-bond acceptors (Lipinski definition) is 6. The summed E-state index contributed by atoms with van der Waals surface area (Å²) in [6.07, 6.45) is 5.94. The zero-order valence-corrected chi connectivity index (χ0v) is 15.7. The van der Waals surface area contributed by atoms with Crippen LogP contribution < -0.4 is 15.8 Å². The van der Waals surface area contributed by atoms with Crippen molar-refractivity contribution < 1.29 is 4.79 Å². The monoisotopic (exact) mass is 368 g/mol. The molecule has 1 saturated heterocycles. The molecule has 8 nitrogen and oxygen atoms in total. The van der Waals surface area contributed by atoms with Crippen LogP contribution in [-0.2, 0) is 11.3 Å². The summed E-state index contributed by atoms with van der Waals surface area (Å²) in [5, 5.41) is 2.85. The Morgan fingerprint density at radius 3 is 2.44 bits per heavy atom. The Morgan fingerprint density at radius 2 is 1.85 bits per heavy atom. The van der Waals surface area contributed by atoms with Crippen molar-refractivity contribution in [3.05, 3.63) is 39.8 Å². The van der Waals surface area contributed by atoms with Crippen molar-refractivity contribution in [3.8, 4) is 0 Å². The second kappa shape index (κ2) is 7.09. The summed E-state index contributed by atoms with van der Waals surface area (Å²) in [6, 6.07) is 1.54. The first-order valence-electron chi connectivity index (χ1n) is 9.47. The van der Waals surface area contributed by atoms with Gasteiger partial charge in [0.25, 0.3) is 5.56 Å². The highest BCUT2D eigenvalue weighted by atomic mass is 16.2. The van der Waals surface area contributed by atoms with E-state index in [-0.39, 0.29) is 18.0 Å². The van der Waals surface area contributed by atoms with Crippen LogP contribution in [-0.4, -0.2) is 38.5 Å². The van der Waals surface area contributed by atoms with E-state index in [1.807, 2.05) is 13.8 Å². The molecule has 142 valence electrons. The molecule has 2 fully saturated rings. The van der Waals surface area contributed by atoms with E-state index in [9.17, 15) is 9.59 Å². The van der Waals surface area contributed by atoms with E-state index < -0.39 is 0 Å². The summed E-state index contributed by atoms with van der Waals surface area (Å²) < 4.78 is 1.32. The van der Waals surface area contributed by atoms with Crippen LogP contribution in [0.4, 0.5) is 11.6 Å². The Balaban J connectivity index is 1.47.